The first-order chi connectivity index (χ1) is 12.8. The summed E-state index contributed by atoms with van der Waals surface area (Å²) < 4.78 is 16.5. The molecule has 5 heteroatoms. The van der Waals surface area contributed by atoms with E-state index in [0.717, 1.165) is 50.3 Å². The van der Waals surface area contributed by atoms with Gasteiger partial charge in [0, 0.05) is 44.9 Å². The molecule has 0 bridgehead atoms. The molecule has 1 aromatic carbocycles. The third-order valence-electron chi connectivity index (χ3n) is 6.40. The lowest BCUT2D eigenvalue weighted by Crippen LogP contribution is -2.53. The van der Waals surface area contributed by atoms with Crippen LogP contribution in [0.15, 0.2) is 12.1 Å². The number of nitrogens with zero attached hydrogens (tertiary/aromatic N) is 2. The van der Waals surface area contributed by atoms with Gasteiger partial charge in [-0.05, 0) is 61.9 Å². The van der Waals surface area contributed by atoms with Gasteiger partial charge in [-0.15, -0.1) is 0 Å². The van der Waals surface area contributed by atoms with Crippen molar-refractivity contribution in [1.29, 1.82) is 0 Å². The number of hydrogen-bond donors (Lipinski definition) is 0. The fourth-order valence-electron chi connectivity index (χ4n) is 4.88. The summed E-state index contributed by atoms with van der Waals surface area (Å²) in [7, 11) is 3.43. The van der Waals surface area contributed by atoms with E-state index in [-0.39, 0.29) is 0 Å². The maximum atomic E-state index is 5.55. The van der Waals surface area contributed by atoms with E-state index in [0.29, 0.717) is 6.04 Å². The summed E-state index contributed by atoms with van der Waals surface area (Å²) in [6.45, 7) is 6.52. The molecule has 1 unspecified atom stereocenters. The number of methoxy groups -OCH3 is 2. The molecule has 3 aliphatic rings. The van der Waals surface area contributed by atoms with Crippen LogP contribution >= 0.6 is 0 Å². The summed E-state index contributed by atoms with van der Waals surface area (Å²) in [4.78, 5) is 5.43. The van der Waals surface area contributed by atoms with Crippen LogP contribution in [0.5, 0.6) is 11.5 Å². The summed E-state index contributed by atoms with van der Waals surface area (Å²) in [5, 5.41) is 0. The minimum Gasteiger partial charge on any atom is -0.493 e. The molecule has 1 atom stereocenters. The maximum absolute atomic E-state index is 5.55. The van der Waals surface area contributed by atoms with E-state index in [4.69, 9.17) is 14.2 Å². The highest BCUT2D eigenvalue weighted by molar-refractivity contribution is 5.48. The number of piperidine rings is 1. The van der Waals surface area contributed by atoms with E-state index in [2.05, 4.69) is 21.9 Å². The highest BCUT2D eigenvalue weighted by atomic mass is 16.5. The van der Waals surface area contributed by atoms with Crippen molar-refractivity contribution in [3.8, 4) is 11.5 Å². The highest BCUT2D eigenvalue weighted by Crippen LogP contribution is 2.34. The summed E-state index contributed by atoms with van der Waals surface area (Å²) in [6.07, 6.45) is 6.14. The van der Waals surface area contributed by atoms with Gasteiger partial charge in [0.05, 0.1) is 14.2 Å². The number of ether oxygens (including phenoxy) is 3. The molecule has 1 aromatic rings. The first kappa shape index (κ1) is 18.1. The normalized spacial score (nSPS) is 25.7. The second-order valence-electron chi connectivity index (χ2n) is 7.83. The van der Waals surface area contributed by atoms with Crippen molar-refractivity contribution in [3.63, 3.8) is 0 Å². The van der Waals surface area contributed by atoms with E-state index in [9.17, 15) is 0 Å². The first-order valence-electron chi connectivity index (χ1n) is 10.1. The smallest absolute Gasteiger partial charge is 0.161 e. The van der Waals surface area contributed by atoms with Crippen LogP contribution in [-0.4, -0.2) is 69.0 Å². The number of hydrogen-bond acceptors (Lipinski definition) is 5. The van der Waals surface area contributed by atoms with Gasteiger partial charge in [0.25, 0.3) is 0 Å². The standard InChI is InChI=1S/C21H32N2O3/c1-24-20-12-16-5-9-23(14-17(16)13-21(20)25-2)19-4-3-8-22(15-19)18-6-10-26-11-7-18/h12-13,18-19H,3-11,14-15H2,1-2H3. The second-order valence-corrected chi connectivity index (χ2v) is 7.83. The van der Waals surface area contributed by atoms with Gasteiger partial charge in [0.15, 0.2) is 11.5 Å². The minimum atomic E-state index is 0.674. The molecule has 2 fully saturated rings. The molecule has 26 heavy (non-hydrogen) atoms. The molecule has 0 aliphatic carbocycles. The summed E-state index contributed by atoms with van der Waals surface area (Å²) in [5.74, 6) is 1.70. The van der Waals surface area contributed by atoms with Crippen molar-refractivity contribution in [2.45, 2.75) is 50.7 Å². The van der Waals surface area contributed by atoms with Gasteiger partial charge < -0.3 is 14.2 Å². The lowest BCUT2D eigenvalue weighted by atomic mass is 9.94. The Bertz CT molecular complexity index is 616. The predicted octanol–water partition coefficient (Wildman–Crippen LogP) is 2.71. The zero-order chi connectivity index (χ0) is 17.9. The lowest BCUT2D eigenvalue weighted by molar-refractivity contribution is 0.00458. The van der Waals surface area contributed by atoms with Crippen LogP contribution in [0.25, 0.3) is 0 Å². The summed E-state index contributed by atoms with van der Waals surface area (Å²) in [5.41, 5.74) is 2.81. The van der Waals surface area contributed by atoms with Crippen LogP contribution in [0.2, 0.25) is 0 Å². The van der Waals surface area contributed by atoms with Gasteiger partial charge in [0.1, 0.15) is 0 Å². The second kappa shape index (κ2) is 8.15. The molecule has 0 radical (unpaired) electrons. The van der Waals surface area contributed by atoms with Crippen molar-refractivity contribution in [3.05, 3.63) is 23.3 Å². The lowest BCUT2D eigenvalue weighted by Gasteiger charge is -2.44. The van der Waals surface area contributed by atoms with Crippen LogP contribution < -0.4 is 9.47 Å². The molecule has 0 spiro atoms. The zero-order valence-corrected chi connectivity index (χ0v) is 16.2. The third-order valence-corrected chi connectivity index (χ3v) is 6.40. The topological polar surface area (TPSA) is 34.2 Å². The summed E-state index contributed by atoms with van der Waals surface area (Å²) in [6, 6.07) is 5.75. The van der Waals surface area contributed by atoms with E-state index >= 15 is 0 Å². The Kier molecular flexibility index (Phi) is 5.67. The van der Waals surface area contributed by atoms with Crippen molar-refractivity contribution in [1.82, 2.24) is 9.80 Å². The monoisotopic (exact) mass is 360 g/mol. The van der Waals surface area contributed by atoms with Crippen LogP contribution in [0, 0.1) is 0 Å². The summed E-state index contributed by atoms with van der Waals surface area (Å²) >= 11 is 0. The fraction of sp³-hybridized carbons (Fsp3) is 0.714. The minimum absolute atomic E-state index is 0.674. The first-order valence-corrected chi connectivity index (χ1v) is 10.1. The van der Waals surface area contributed by atoms with Gasteiger partial charge in [0.2, 0.25) is 0 Å². The van der Waals surface area contributed by atoms with Crippen molar-refractivity contribution >= 4 is 0 Å². The number of benzene rings is 1. The molecular weight excluding hydrogens is 328 g/mol. The molecule has 3 aliphatic heterocycles. The molecule has 0 saturated carbocycles. The molecule has 2 saturated heterocycles. The SMILES string of the molecule is COc1cc2c(cc1OC)CN(C1CCCN(C3CCOCC3)C1)CC2. The zero-order valence-electron chi connectivity index (χ0n) is 16.2. The molecule has 0 aromatic heterocycles. The molecule has 0 N–H and O–H groups in total. The molecule has 0 amide bonds. The molecule has 4 rings (SSSR count). The Morgan fingerprint density at radius 3 is 2.35 bits per heavy atom. The molecule has 144 valence electrons. The molecule has 5 nitrogen and oxygen atoms in total. The van der Waals surface area contributed by atoms with Gasteiger partial charge in [-0.1, -0.05) is 0 Å². The Morgan fingerprint density at radius 1 is 0.885 bits per heavy atom. The van der Waals surface area contributed by atoms with Gasteiger partial charge in [-0.2, -0.15) is 0 Å². The van der Waals surface area contributed by atoms with Crippen molar-refractivity contribution in [2.75, 3.05) is 47.1 Å². The van der Waals surface area contributed by atoms with Crippen LogP contribution in [-0.2, 0) is 17.7 Å². The van der Waals surface area contributed by atoms with Gasteiger partial charge in [-0.3, -0.25) is 9.80 Å². The van der Waals surface area contributed by atoms with E-state index in [1.165, 1.54) is 49.9 Å². The number of rotatable bonds is 4. The number of likely N-dealkylation sites (tertiary alicyclic amines) is 1. The van der Waals surface area contributed by atoms with Crippen LogP contribution in [0.1, 0.15) is 36.8 Å². The quantitative estimate of drug-likeness (QED) is 0.825. The van der Waals surface area contributed by atoms with Crippen molar-refractivity contribution in [2.24, 2.45) is 0 Å². The Labute approximate surface area is 157 Å². The van der Waals surface area contributed by atoms with Crippen LogP contribution in [0.3, 0.4) is 0 Å². The van der Waals surface area contributed by atoms with E-state index in [1.54, 1.807) is 14.2 Å². The van der Waals surface area contributed by atoms with Crippen molar-refractivity contribution < 1.29 is 14.2 Å². The number of fused-ring (bicyclic) bond motifs is 1. The van der Waals surface area contributed by atoms with Gasteiger partial charge >= 0.3 is 0 Å². The predicted molar refractivity (Wildman–Crippen MR) is 102 cm³/mol. The molecular formula is C21H32N2O3. The average molecular weight is 360 g/mol. The molecule has 3 heterocycles. The van der Waals surface area contributed by atoms with E-state index < -0.39 is 0 Å². The average Bonchev–Trinajstić information content (AvgIpc) is 2.73. The Morgan fingerprint density at radius 2 is 1.62 bits per heavy atom. The van der Waals surface area contributed by atoms with Gasteiger partial charge in [-0.25, -0.2) is 0 Å². The highest BCUT2D eigenvalue weighted by Gasteiger charge is 2.32. The third kappa shape index (κ3) is 3.71. The largest absolute Gasteiger partial charge is 0.493 e. The fourth-order valence-corrected chi connectivity index (χ4v) is 4.88. The Hall–Kier alpha value is -1.30. The Balaban J connectivity index is 1.44. The van der Waals surface area contributed by atoms with Crippen LogP contribution in [0.4, 0.5) is 0 Å². The maximum Gasteiger partial charge on any atom is 0.161 e. The van der Waals surface area contributed by atoms with E-state index in [1.807, 2.05) is 0 Å².